The van der Waals surface area contributed by atoms with Crippen LogP contribution in [0.1, 0.15) is 12.8 Å². The lowest BCUT2D eigenvalue weighted by atomic mass is 10.3. The van der Waals surface area contributed by atoms with Crippen LogP contribution in [0.2, 0.25) is 0 Å². The number of nitrogens with zero attached hydrogens (tertiary/aromatic N) is 1. The Hall–Kier alpha value is -0.870. The van der Waals surface area contributed by atoms with Gasteiger partial charge in [-0.15, -0.1) is 0 Å². The van der Waals surface area contributed by atoms with E-state index in [-0.39, 0.29) is 0 Å². The maximum Gasteiger partial charge on any atom is 0.0617 e. The van der Waals surface area contributed by atoms with Gasteiger partial charge in [-0.25, -0.2) is 0 Å². The number of benzene rings is 1. The molecule has 0 spiro atoms. The molecule has 4 heteroatoms. The number of para-hydroxylation sites is 1. The zero-order chi connectivity index (χ0) is 11.4. The van der Waals surface area contributed by atoms with Gasteiger partial charge in [-0.05, 0) is 38.1 Å². The van der Waals surface area contributed by atoms with Crippen LogP contribution >= 0.6 is 0 Å². The molecule has 16 heavy (non-hydrogen) atoms. The Morgan fingerprint density at radius 1 is 1.25 bits per heavy atom. The molecule has 0 bridgehead atoms. The van der Waals surface area contributed by atoms with Crippen LogP contribution in [-0.2, 0) is 10.8 Å². The van der Waals surface area contributed by atoms with E-state index >= 15 is 0 Å². The van der Waals surface area contributed by atoms with Crippen molar-refractivity contribution in [3.05, 3.63) is 24.3 Å². The summed E-state index contributed by atoms with van der Waals surface area (Å²) in [6.07, 6.45) is 2.56. The highest BCUT2D eigenvalue weighted by Crippen LogP contribution is 2.16. The summed E-state index contributed by atoms with van der Waals surface area (Å²) in [6.45, 7) is 3.23. The molecule has 3 nitrogen and oxygen atoms in total. The topological polar surface area (TPSA) is 46.3 Å². The van der Waals surface area contributed by atoms with Crippen LogP contribution in [0.15, 0.2) is 29.2 Å². The summed E-state index contributed by atoms with van der Waals surface area (Å²) in [7, 11) is -0.958. The maximum absolute atomic E-state index is 12.0. The van der Waals surface area contributed by atoms with Crippen molar-refractivity contribution in [2.75, 3.05) is 31.1 Å². The molecule has 0 aliphatic carbocycles. The van der Waals surface area contributed by atoms with Gasteiger partial charge in [0.05, 0.1) is 15.7 Å². The molecule has 1 heterocycles. The predicted molar refractivity (Wildman–Crippen MR) is 67.8 cm³/mol. The lowest BCUT2D eigenvalue weighted by molar-refractivity contribution is 0.361. The highest BCUT2D eigenvalue weighted by molar-refractivity contribution is 7.85. The second-order valence-corrected chi connectivity index (χ2v) is 5.68. The predicted octanol–water partition coefficient (Wildman–Crippen LogP) is 1.47. The van der Waals surface area contributed by atoms with E-state index in [9.17, 15) is 4.21 Å². The van der Waals surface area contributed by atoms with Crippen LogP contribution in [0.4, 0.5) is 5.69 Å². The van der Waals surface area contributed by atoms with Gasteiger partial charge >= 0.3 is 0 Å². The summed E-state index contributed by atoms with van der Waals surface area (Å²) in [5, 5.41) is 0. The fraction of sp³-hybridized carbons (Fsp3) is 0.500. The summed E-state index contributed by atoms with van der Waals surface area (Å²) in [4.78, 5) is 3.15. The zero-order valence-corrected chi connectivity index (χ0v) is 10.2. The smallest absolute Gasteiger partial charge is 0.0617 e. The van der Waals surface area contributed by atoms with Gasteiger partial charge in [-0.3, -0.25) is 4.21 Å². The number of hydrogen-bond donors (Lipinski definition) is 1. The van der Waals surface area contributed by atoms with Crippen LogP contribution in [0, 0.1) is 0 Å². The highest BCUT2D eigenvalue weighted by atomic mass is 32.2. The number of nitrogens with two attached hydrogens (primary N) is 1. The Kier molecular flexibility index (Phi) is 3.96. The largest absolute Gasteiger partial charge is 0.398 e. The number of likely N-dealkylation sites (tertiary alicyclic amines) is 1. The van der Waals surface area contributed by atoms with E-state index in [1.807, 2.05) is 24.3 Å². The molecule has 1 fully saturated rings. The summed E-state index contributed by atoms with van der Waals surface area (Å²) < 4.78 is 12.0. The third-order valence-electron chi connectivity index (χ3n) is 2.96. The third kappa shape index (κ3) is 2.83. The van der Waals surface area contributed by atoms with E-state index in [0.29, 0.717) is 11.4 Å². The lowest BCUT2D eigenvalue weighted by Gasteiger charge is -2.14. The van der Waals surface area contributed by atoms with Gasteiger partial charge in [0, 0.05) is 18.0 Å². The fourth-order valence-electron chi connectivity index (χ4n) is 2.02. The van der Waals surface area contributed by atoms with Crippen LogP contribution in [0.3, 0.4) is 0 Å². The number of nitrogen functional groups attached to an aromatic ring is 1. The van der Waals surface area contributed by atoms with Crippen molar-refractivity contribution in [2.24, 2.45) is 0 Å². The van der Waals surface area contributed by atoms with Crippen molar-refractivity contribution in [3.8, 4) is 0 Å². The van der Waals surface area contributed by atoms with E-state index in [4.69, 9.17) is 5.73 Å². The van der Waals surface area contributed by atoms with Crippen LogP contribution in [0.5, 0.6) is 0 Å². The Labute approximate surface area is 99.1 Å². The molecule has 1 aliphatic heterocycles. The minimum absolute atomic E-state index is 0.641. The van der Waals surface area contributed by atoms with Crippen molar-refractivity contribution < 1.29 is 4.21 Å². The average molecular weight is 238 g/mol. The molecule has 0 amide bonds. The quantitative estimate of drug-likeness (QED) is 0.808. The molecular weight excluding hydrogens is 220 g/mol. The third-order valence-corrected chi connectivity index (χ3v) is 4.37. The molecule has 0 aromatic heterocycles. The van der Waals surface area contributed by atoms with Gasteiger partial charge in [0.1, 0.15) is 0 Å². The Morgan fingerprint density at radius 2 is 1.94 bits per heavy atom. The van der Waals surface area contributed by atoms with Gasteiger partial charge in [-0.1, -0.05) is 12.1 Å². The molecule has 88 valence electrons. The maximum atomic E-state index is 12.0. The molecule has 0 saturated carbocycles. The Balaban J connectivity index is 1.90. The molecule has 1 aromatic carbocycles. The molecule has 2 rings (SSSR count). The van der Waals surface area contributed by atoms with Crippen molar-refractivity contribution in [2.45, 2.75) is 17.7 Å². The normalized spacial score (nSPS) is 18.8. The van der Waals surface area contributed by atoms with Crippen LogP contribution in [-0.4, -0.2) is 34.5 Å². The van der Waals surface area contributed by atoms with Crippen LogP contribution < -0.4 is 5.73 Å². The molecule has 1 unspecified atom stereocenters. The van der Waals surface area contributed by atoms with Crippen molar-refractivity contribution in [1.29, 1.82) is 0 Å². The Bertz CT molecular complexity index is 375. The standard InChI is InChI=1S/C12H18N2OS/c13-11-5-1-2-6-12(11)16(15)10-9-14-7-3-4-8-14/h1-2,5-6H,3-4,7-10,13H2. The minimum Gasteiger partial charge on any atom is -0.398 e. The number of anilines is 1. The molecule has 0 radical (unpaired) electrons. The second kappa shape index (κ2) is 5.46. The molecule has 1 atom stereocenters. The lowest BCUT2D eigenvalue weighted by Crippen LogP contribution is -2.24. The van der Waals surface area contributed by atoms with E-state index in [1.54, 1.807) is 0 Å². The molecule has 1 aliphatic rings. The van der Waals surface area contributed by atoms with Crippen molar-refractivity contribution >= 4 is 16.5 Å². The summed E-state index contributed by atoms with van der Waals surface area (Å²) in [5.74, 6) is 0.689. The first kappa shape index (κ1) is 11.6. The van der Waals surface area contributed by atoms with E-state index < -0.39 is 10.8 Å². The van der Waals surface area contributed by atoms with Gasteiger partial charge in [-0.2, -0.15) is 0 Å². The first-order chi connectivity index (χ1) is 7.77. The average Bonchev–Trinajstić information content (AvgIpc) is 2.79. The van der Waals surface area contributed by atoms with Gasteiger partial charge in [0.25, 0.3) is 0 Å². The number of hydrogen-bond acceptors (Lipinski definition) is 3. The monoisotopic (exact) mass is 238 g/mol. The summed E-state index contributed by atoms with van der Waals surface area (Å²) in [5.41, 5.74) is 6.44. The van der Waals surface area contributed by atoms with E-state index in [0.717, 1.165) is 24.5 Å². The van der Waals surface area contributed by atoms with Crippen LogP contribution in [0.25, 0.3) is 0 Å². The molecule has 1 saturated heterocycles. The van der Waals surface area contributed by atoms with Gasteiger partial charge < -0.3 is 10.6 Å². The zero-order valence-electron chi connectivity index (χ0n) is 9.39. The number of rotatable bonds is 4. The minimum atomic E-state index is -0.958. The Morgan fingerprint density at radius 3 is 2.62 bits per heavy atom. The summed E-state index contributed by atoms with van der Waals surface area (Å²) >= 11 is 0. The fourth-order valence-corrected chi connectivity index (χ4v) is 3.22. The van der Waals surface area contributed by atoms with E-state index in [1.165, 1.54) is 12.8 Å². The van der Waals surface area contributed by atoms with E-state index in [2.05, 4.69) is 4.90 Å². The van der Waals surface area contributed by atoms with Crippen molar-refractivity contribution in [1.82, 2.24) is 4.90 Å². The molecule has 2 N–H and O–H groups in total. The molecule has 1 aromatic rings. The van der Waals surface area contributed by atoms with Crippen molar-refractivity contribution in [3.63, 3.8) is 0 Å². The summed E-state index contributed by atoms with van der Waals surface area (Å²) in [6, 6.07) is 7.43. The second-order valence-electron chi connectivity index (χ2n) is 4.14. The molecular formula is C12H18N2OS. The first-order valence-corrected chi connectivity index (χ1v) is 7.04. The van der Waals surface area contributed by atoms with Gasteiger partial charge in [0.15, 0.2) is 0 Å². The first-order valence-electron chi connectivity index (χ1n) is 5.72. The SMILES string of the molecule is Nc1ccccc1S(=O)CCN1CCCC1. The highest BCUT2D eigenvalue weighted by Gasteiger charge is 2.13. The van der Waals surface area contributed by atoms with Gasteiger partial charge in [0.2, 0.25) is 0 Å².